The van der Waals surface area contributed by atoms with E-state index in [1.807, 2.05) is 36.4 Å². The van der Waals surface area contributed by atoms with Crippen LogP contribution in [0.3, 0.4) is 0 Å². The van der Waals surface area contributed by atoms with Crippen molar-refractivity contribution in [1.29, 1.82) is 0 Å². The van der Waals surface area contributed by atoms with Crippen LogP contribution in [0, 0.1) is 0 Å². The minimum Gasteiger partial charge on any atom is -0.477 e. The summed E-state index contributed by atoms with van der Waals surface area (Å²) >= 11 is 0. The predicted octanol–water partition coefficient (Wildman–Crippen LogP) is 3.53. The Morgan fingerprint density at radius 3 is 2.65 bits per heavy atom. The van der Waals surface area contributed by atoms with E-state index in [9.17, 15) is 14.7 Å². The lowest BCUT2D eigenvalue weighted by Gasteiger charge is -2.25. The molecule has 0 amide bonds. The zero-order valence-electron chi connectivity index (χ0n) is 13.4. The molecule has 1 aliphatic rings. The second-order valence-electron chi connectivity index (χ2n) is 6.16. The number of carboxylic acids is 1. The average Bonchev–Trinajstić information content (AvgIpc) is 2.65. The van der Waals surface area contributed by atoms with Gasteiger partial charge < -0.3 is 20.1 Å². The van der Waals surface area contributed by atoms with Gasteiger partial charge in [-0.1, -0.05) is 30.3 Å². The van der Waals surface area contributed by atoms with Crippen LogP contribution in [-0.4, -0.2) is 15.6 Å². The lowest BCUT2D eigenvalue weighted by Crippen LogP contribution is -2.20. The maximum absolute atomic E-state index is 12.6. The van der Waals surface area contributed by atoms with Gasteiger partial charge in [-0.2, -0.15) is 0 Å². The highest BCUT2D eigenvalue weighted by Gasteiger charge is 2.26. The summed E-state index contributed by atoms with van der Waals surface area (Å²) in [5, 5.41) is 11.6. The van der Waals surface area contributed by atoms with E-state index in [0.29, 0.717) is 28.4 Å². The zero-order chi connectivity index (χ0) is 18.0. The minimum absolute atomic E-state index is 0.257. The molecule has 1 aliphatic heterocycles. The molecule has 3 N–H and O–H groups in total. The summed E-state index contributed by atoms with van der Waals surface area (Å²) in [4.78, 5) is 24.2. The number of hydrogen-bond donors (Lipinski definition) is 2. The van der Waals surface area contributed by atoms with Gasteiger partial charge in [0.15, 0.2) is 11.5 Å². The van der Waals surface area contributed by atoms with Crippen molar-refractivity contribution in [3.63, 3.8) is 0 Å². The Labute approximate surface area is 146 Å². The number of benzene rings is 3. The summed E-state index contributed by atoms with van der Waals surface area (Å²) < 4.78 is 7.71. The quantitative estimate of drug-likeness (QED) is 0.454. The maximum Gasteiger partial charge on any atom is 0.341 e. The van der Waals surface area contributed by atoms with E-state index >= 15 is 0 Å². The Morgan fingerprint density at radius 1 is 1.04 bits per heavy atom. The van der Waals surface area contributed by atoms with Gasteiger partial charge in [0.1, 0.15) is 11.1 Å². The van der Waals surface area contributed by atoms with E-state index in [2.05, 4.69) is 0 Å². The summed E-state index contributed by atoms with van der Waals surface area (Å²) in [6.07, 6.45) is 1.35. The molecule has 126 valence electrons. The number of nitrogen functional groups attached to an aromatic ring is 1. The fraction of sp³-hybridized carbons (Fsp3) is 0. The molecule has 0 fully saturated rings. The summed E-state index contributed by atoms with van der Waals surface area (Å²) in [6.45, 7) is 0. The van der Waals surface area contributed by atoms with Crippen LogP contribution >= 0.6 is 0 Å². The van der Waals surface area contributed by atoms with Crippen molar-refractivity contribution >= 4 is 33.3 Å². The third-order valence-corrected chi connectivity index (χ3v) is 4.70. The molecule has 4 aromatic rings. The Kier molecular flexibility index (Phi) is 2.72. The summed E-state index contributed by atoms with van der Waals surface area (Å²) in [6, 6.07) is 14.6. The highest BCUT2D eigenvalue weighted by atomic mass is 16.5. The smallest absolute Gasteiger partial charge is 0.341 e. The minimum atomic E-state index is -1.27. The van der Waals surface area contributed by atoms with Gasteiger partial charge in [-0.25, -0.2) is 4.79 Å². The number of hydrogen-bond acceptors (Lipinski definition) is 4. The largest absolute Gasteiger partial charge is 0.477 e. The van der Waals surface area contributed by atoms with E-state index in [-0.39, 0.29) is 10.9 Å². The molecule has 0 unspecified atom stereocenters. The first-order valence-corrected chi connectivity index (χ1v) is 7.97. The number of aromatic nitrogens is 1. The first-order valence-electron chi connectivity index (χ1n) is 7.97. The lowest BCUT2D eigenvalue weighted by atomic mass is 10.0. The fourth-order valence-corrected chi connectivity index (χ4v) is 3.52. The van der Waals surface area contributed by atoms with Crippen LogP contribution in [0.5, 0.6) is 11.5 Å². The third kappa shape index (κ3) is 1.75. The molecule has 0 saturated heterocycles. The van der Waals surface area contributed by atoms with Crippen molar-refractivity contribution in [3.05, 3.63) is 70.5 Å². The highest BCUT2D eigenvalue weighted by Crippen LogP contribution is 2.45. The van der Waals surface area contributed by atoms with Gasteiger partial charge in [0.2, 0.25) is 5.43 Å². The molecule has 1 aromatic heterocycles. The third-order valence-electron chi connectivity index (χ3n) is 4.70. The Hall–Kier alpha value is -3.80. The Bertz CT molecular complexity index is 1320. The van der Waals surface area contributed by atoms with Crippen molar-refractivity contribution in [1.82, 2.24) is 4.57 Å². The number of rotatable bonds is 1. The van der Waals surface area contributed by atoms with E-state index < -0.39 is 11.4 Å². The molecule has 0 saturated carbocycles. The predicted molar refractivity (Wildman–Crippen MR) is 98.5 cm³/mol. The molecule has 6 nitrogen and oxygen atoms in total. The Balaban J connectivity index is 2.06. The second kappa shape index (κ2) is 4.86. The number of nitrogens with zero attached hydrogens (tertiary/aromatic N) is 1. The number of carboxylic acid groups (broad SMARTS) is 1. The first-order chi connectivity index (χ1) is 12.6. The highest BCUT2D eigenvalue weighted by molar-refractivity contribution is 6.02. The molecule has 2 heterocycles. The average molecular weight is 344 g/mol. The van der Waals surface area contributed by atoms with E-state index in [0.717, 1.165) is 10.8 Å². The fourth-order valence-electron chi connectivity index (χ4n) is 3.52. The van der Waals surface area contributed by atoms with Crippen LogP contribution in [0.4, 0.5) is 5.69 Å². The number of nitrogens with two attached hydrogens (primary N) is 1. The number of anilines is 1. The van der Waals surface area contributed by atoms with E-state index in [4.69, 9.17) is 10.5 Å². The van der Waals surface area contributed by atoms with E-state index in [1.54, 1.807) is 16.7 Å². The van der Waals surface area contributed by atoms with Crippen molar-refractivity contribution in [2.45, 2.75) is 0 Å². The molecule has 6 heteroatoms. The molecule has 3 aromatic carbocycles. The molecular formula is C20H12N2O4. The normalized spacial score (nSPS) is 12.0. The lowest BCUT2D eigenvalue weighted by molar-refractivity contribution is 0.0695. The van der Waals surface area contributed by atoms with Gasteiger partial charge in [0, 0.05) is 11.6 Å². The number of fused-ring (bicyclic) bond motifs is 4. The van der Waals surface area contributed by atoms with Crippen molar-refractivity contribution in [3.8, 4) is 17.2 Å². The zero-order valence-corrected chi connectivity index (χ0v) is 13.4. The van der Waals surface area contributed by atoms with E-state index in [1.165, 1.54) is 6.20 Å². The molecule has 5 rings (SSSR count). The maximum atomic E-state index is 12.6. The van der Waals surface area contributed by atoms with Crippen LogP contribution in [0.2, 0.25) is 0 Å². The number of carbonyl (C=O) groups is 1. The van der Waals surface area contributed by atoms with Gasteiger partial charge in [-0.3, -0.25) is 4.79 Å². The molecule has 0 spiro atoms. The Morgan fingerprint density at radius 2 is 1.85 bits per heavy atom. The van der Waals surface area contributed by atoms with Gasteiger partial charge in [0.05, 0.1) is 16.8 Å². The van der Waals surface area contributed by atoms with Gasteiger partial charge in [-0.05, 0) is 23.6 Å². The molecule has 0 atom stereocenters. The van der Waals surface area contributed by atoms with Crippen molar-refractivity contribution < 1.29 is 14.6 Å². The summed E-state index contributed by atoms with van der Waals surface area (Å²) in [7, 11) is 0. The second-order valence-corrected chi connectivity index (χ2v) is 6.16. The van der Waals surface area contributed by atoms with Gasteiger partial charge in [0.25, 0.3) is 0 Å². The molecule has 0 bridgehead atoms. The number of aromatic carboxylic acids is 1. The topological polar surface area (TPSA) is 94.5 Å². The van der Waals surface area contributed by atoms with Crippen LogP contribution in [0.25, 0.3) is 27.4 Å². The molecule has 0 aliphatic carbocycles. The van der Waals surface area contributed by atoms with Crippen LogP contribution < -0.4 is 15.9 Å². The van der Waals surface area contributed by atoms with Gasteiger partial charge in [-0.15, -0.1) is 0 Å². The van der Waals surface area contributed by atoms with Crippen LogP contribution in [0.1, 0.15) is 10.4 Å². The molecule has 0 radical (unpaired) electrons. The standard InChI is InChI=1S/C20H12N2O4/c21-14-7-6-12-17-19(14)26-15-8-5-10-3-1-2-4-11(10)16(15)22(17)9-13(18(12)23)20(24)25/h1-9H,21H2,(H,24,25). The van der Waals surface area contributed by atoms with Crippen LogP contribution in [-0.2, 0) is 0 Å². The van der Waals surface area contributed by atoms with Crippen molar-refractivity contribution in [2.24, 2.45) is 0 Å². The summed E-state index contributed by atoms with van der Waals surface area (Å²) in [5.74, 6) is -0.359. The van der Waals surface area contributed by atoms with Gasteiger partial charge >= 0.3 is 5.97 Å². The number of ether oxygens (including phenoxy) is 1. The number of pyridine rings is 1. The van der Waals surface area contributed by atoms with Crippen LogP contribution in [0.15, 0.2) is 59.5 Å². The SMILES string of the molecule is Nc1ccc2c(=O)c(C(=O)O)cn3c2c1Oc1ccc2ccccc2c1-3. The molecule has 26 heavy (non-hydrogen) atoms. The molecular weight excluding hydrogens is 332 g/mol. The first kappa shape index (κ1) is 14.5. The monoisotopic (exact) mass is 344 g/mol. The van der Waals surface area contributed by atoms with Crippen molar-refractivity contribution in [2.75, 3.05) is 5.73 Å². The summed E-state index contributed by atoms with van der Waals surface area (Å²) in [5.41, 5.74) is 6.75.